The van der Waals surface area contributed by atoms with Gasteiger partial charge in [0.1, 0.15) is 5.92 Å². The van der Waals surface area contributed by atoms with E-state index in [0.717, 1.165) is 19.3 Å². The predicted octanol–water partition coefficient (Wildman–Crippen LogP) is -0.526. The molecule has 1 aliphatic heterocycles. The van der Waals surface area contributed by atoms with Crippen LogP contribution in [0.25, 0.3) is 0 Å². The van der Waals surface area contributed by atoms with Gasteiger partial charge in [0.25, 0.3) is 0 Å². The summed E-state index contributed by atoms with van der Waals surface area (Å²) >= 11 is 0. The maximum atomic E-state index is 11.7. The highest BCUT2D eigenvalue weighted by atomic mass is 16.5. The first kappa shape index (κ1) is 12.3. The molecule has 2 atom stereocenters. The molecule has 0 bridgehead atoms. The average molecular weight is 242 g/mol. The Hall–Kier alpha value is -1.14. The summed E-state index contributed by atoms with van der Waals surface area (Å²) in [6, 6.07) is -0.427. The molecule has 0 spiro atoms. The van der Waals surface area contributed by atoms with Crippen molar-refractivity contribution < 1.29 is 19.4 Å². The molecular formula is C11H18N2O4. The average Bonchev–Trinajstić information content (AvgIpc) is 2.63. The second kappa shape index (κ2) is 4.62. The highest BCUT2D eigenvalue weighted by Gasteiger charge is 2.38. The van der Waals surface area contributed by atoms with Gasteiger partial charge in [-0.15, -0.1) is 0 Å². The van der Waals surface area contributed by atoms with Crippen molar-refractivity contribution >= 4 is 11.9 Å². The fraction of sp³-hybridized carbons (Fsp3) is 0.818. The van der Waals surface area contributed by atoms with Gasteiger partial charge in [-0.3, -0.25) is 9.59 Å². The number of amides is 1. The SMILES string of the molecule is NC1(CC(=O)NC2COCC2C(=O)O)CCC1. The Kier molecular flexibility index (Phi) is 3.35. The van der Waals surface area contributed by atoms with E-state index in [9.17, 15) is 9.59 Å². The summed E-state index contributed by atoms with van der Waals surface area (Å²) < 4.78 is 5.08. The van der Waals surface area contributed by atoms with Crippen LogP contribution in [0, 0.1) is 5.92 Å². The highest BCUT2D eigenvalue weighted by Crippen LogP contribution is 2.32. The van der Waals surface area contributed by atoms with E-state index < -0.39 is 17.9 Å². The minimum Gasteiger partial charge on any atom is -0.481 e. The van der Waals surface area contributed by atoms with Gasteiger partial charge >= 0.3 is 5.97 Å². The van der Waals surface area contributed by atoms with Gasteiger partial charge in [-0.05, 0) is 19.3 Å². The van der Waals surface area contributed by atoms with Crippen molar-refractivity contribution in [2.45, 2.75) is 37.3 Å². The molecule has 1 aliphatic carbocycles. The molecule has 2 rings (SSSR count). The third kappa shape index (κ3) is 2.76. The van der Waals surface area contributed by atoms with E-state index in [2.05, 4.69) is 5.32 Å². The Morgan fingerprint density at radius 1 is 1.41 bits per heavy atom. The van der Waals surface area contributed by atoms with Gasteiger partial charge in [0, 0.05) is 12.0 Å². The first-order valence-electron chi connectivity index (χ1n) is 5.89. The Balaban J connectivity index is 1.83. The lowest BCUT2D eigenvalue weighted by Crippen LogP contribution is -2.52. The summed E-state index contributed by atoms with van der Waals surface area (Å²) in [5.41, 5.74) is 5.59. The van der Waals surface area contributed by atoms with Crippen molar-refractivity contribution in [2.24, 2.45) is 11.7 Å². The second-order valence-corrected chi connectivity index (χ2v) is 5.05. The molecule has 6 heteroatoms. The molecule has 2 fully saturated rings. The Labute approximate surface area is 99.5 Å². The summed E-state index contributed by atoms with van der Waals surface area (Å²) in [6.07, 6.45) is 3.07. The van der Waals surface area contributed by atoms with Crippen LogP contribution < -0.4 is 11.1 Å². The molecule has 6 nitrogen and oxygen atoms in total. The van der Waals surface area contributed by atoms with Crippen LogP contribution in [-0.4, -0.2) is 41.8 Å². The highest BCUT2D eigenvalue weighted by molar-refractivity contribution is 5.79. The van der Waals surface area contributed by atoms with Gasteiger partial charge in [0.2, 0.25) is 5.91 Å². The number of hydrogen-bond acceptors (Lipinski definition) is 4. The van der Waals surface area contributed by atoms with Gasteiger partial charge in [-0.2, -0.15) is 0 Å². The minimum absolute atomic E-state index is 0.161. The van der Waals surface area contributed by atoms with E-state index >= 15 is 0 Å². The van der Waals surface area contributed by atoms with Crippen LogP contribution in [0.4, 0.5) is 0 Å². The van der Waals surface area contributed by atoms with E-state index in [1.54, 1.807) is 0 Å². The monoisotopic (exact) mass is 242 g/mol. The van der Waals surface area contributed by atoms with Gasteiger partial charge in [-0.25, -0.2) is 0 Å². The quantitative estimate of drug-likeness (QED) is 0.615. The van der Waals surface area contributed by atoms with Gasteiger partial charge in [-0.1, -0.05) is 0 Å². The smallest absolute Gasteiger partial charge is 0.311 e. The maximum absolute atomic E-state index is 11.7. The van der Waals surface area contributed by atoms with Crippen molar-refractivity contribution in [2.75, 3.05) is 13.2 Å². The molecule has 1 heterocycles. The summed E-state index contributed by atoms with van der Waals surface area (Å²) in [5.74, 6) is -1.75. The van der Waals surface area contributed by atoms with Crippen LogP contribution in [0.5, 0.6) is 0 Å². The number of carbonyl (C=O) groups is 2. The lowest BCUT2D eigenvalue weighted by molar-refractivity contribution is -0.142. The van der Waals surface area contributed by atoms with Crippen LogP contribution in [0.2, 0.25) is 0 Å². The molecule has 1 saturated heterocycles. The summed E-state index contributed by atoms with van der Waals surface area (Å²) in [7, 11) is 0. The Morgan fingerprint density at radius 2 is 2.12 bits per heavy atom. The first-order valence-corrected chi connectivity index (χ1v) is 5.89. The zero-order valence-corrected chi connectivity index (χ0v) is 9.65. The molecule has 17 heavy (non-hydrogen) atoms. The zero-order valence-electron chi connectivity index (χ0n) is 9.65. The molecular weight excluding hydrogens is 224 g/mol. The van der Waals surface area contributed by atoms with E-state index in [1.807, 2.05) is 0 Å². The lowest BCUT2D eigenvalue weighted by Gasteiger charge is -2.37. The van der Waals surface area contributed by atoms with Crippen molar-refractivity contribution in [3.8, 4) is 0 Å². The van der Waals surface area contributed by atoms with Crippen molar-refractivity contribution in [3.63, 3.8) is 0 Å². The summed E-state index contributed by atoms with van der Waals surface area (Å²) in [5, 5.41) is 11.6. The van der Waals surface area contributed by atoms with E-state index in [1.165, 1.54) is 0 Å². The molecule has 2 aliphatic rings. The normalized spacial score (nSPS) is 30.6. The third-order valence-electron chi connectivity index (χ3n) is 3.61. The molecule has 0 radical (unpaired) electrons. The van der Waals surface area contributed by atoms with E-state index in [-0.39, 0.29) is 31.1 Å². The largest absolute Gasteiger partial charge is 0.481 e. The number of nitrogens with one attached hydrogen (secondary N) is 1. The number of rotatable bonds is 4. The number of hydrogen-bond donors (Lipinski definition) is 3. The number of ether oxygens (including phenoxy) is 1. The van der Waals surface area contributed by atoms with E-state index in [4.69, 9.17) is 15.6 Å². The number of carbonyl (C=O) groups excluding carboxylic acids is 1. The van der Waals surface area contributed by atoms with Gasteiger partial charge in [0.15, 0.2) is 0 Å². The summed E-state index contributed by atoms with van der Waals surface area (Å²) in [6.45, 7) is 0.425. The van der Waals surface area contributed by atoms with Crippen molar-refractivity contribution in [1.29, 1.82) is 0 Å². The Morgan fingerprint density at radius 3 is 2.65 bits per heavy atom. The molecule has 96 valence electrons. The molecule has 0 aromatic carbocycles. The summed E-state index contributed by atoms with van der Waals surface area (Å²) in [4.78, 5) is 22.6. The van der Waals surface area contributed by atoms with Crippen molar-refractivity contribution in [3.05, 3.63) is 0 Å². The van der Waals surface area contributed by atoms with Crippen LogP contribution in [0.1, 0.15) is 25.7 Å². The number of carboxylic acids is 1. The molecule has 0 aromatic heterocycles. The molecule has 4 N–H and O–H groups in total. The van der Waals surface area contributed by atoms with Crippen LogP contribution >= 0.6 is 0 Å². The number of aliphatic carboxylic acids is 1. The topological polar surface area (TPSA) is 102 Å². The number of carboxylic acid groups (broad SMARTS) is 1. The lowest BCUT2D eigenvalue weighted by atomic mass is 9.75. The molecule has 1 amide bonds. The fourth-order valence-electron chi connectivity index (χ4n) is 2.33. The van der Waals surface area contributed by atoms with Crippen LogP contribution in [0.3, 0.4) is 0 Å². The van der Waals surface area contributed by atoms with Gasteiger partial charge < -0.3 is 20.9 Å². The fourth-order valence-corrected chi connectivity index (χ4v) is 2.33. The predicted molar refractivity (Wildman–Crippen MR) is 59.3 cm³/mol. The maximum Gasteiger partial charge on any atom is 0.311 e. The van der Waals surface area contributed by atoms with Crippen molar-refractivity contribution in [1.82, 2.24) is 5.32 Å². The van der Waals surface area contributed by atoms with Crippen LogP contribution in [0.15, 0.2) is 0 Å². The first-order chi connectivity index (χ1) is 8.00. The van der Waals surface area contributed by atoms with Gasteiger partial charge in [0.05, 0.1) is 19.3 Å². The van der Waals surface area contributed by atoms with E-state index in [0.29, 0.717) is 0 Å². The van der Waals surface area contributed by atoms with Crippen LogP contribution in [-0.2, 0) is 14.3 Å². The minimum atomic E-state index is -0.932. The third-order valence-corrected chi connectivity index (χ3v) is 3.61. The molecule has 2 unspecified atom stereocenters. The molecule has 1 saturated carbocycles. The molecule has 0 aromatic rings. The second-order valence-electron chi connectivity index (χ2n) is 5.05. The number of nitrogens with two attached hydrogens (primary N) is 1. The zero-order chi connectivity index (χ0) is 12.5. The standard InChI is InChI=1S/C11H18N2O4/c12-11(2-1-3-11)4-9(14)13-8-6-17-5-7(8)10(15)16/h7-8H,1-6,12H2,(H,13,14)(H,15,16). The Bertz CT molecular complexity index is 327.